The fourth-order valence-electron chi connectivity index (χ4n) is 3.41. The lowest BCUT2D eigenvalue weighted by atomic mass is 10.1. The van der Waals surface area contributed by atoms with Gasteiger partial charge in [-0.15, -0.1) is 0 Å². The summed E-state index contributed by atoms with van der Waals surface area (Å²) >= 11 is 3.50. The number of halogens is 1. The summed E-state index contributed by atoms with van der Waals surface area (Å²) in [4.78, 5) is 33.4. The highest BCUT2D eigenvalue weighted by Gasteiger charge is 2.37. The smallest absolute Gasteiger partial charge is 0.228 e. The van der Waals surface area contributed by atoms with Crippen molar-refractivity contribution in [2.45, 2.75) is 19.4 Å². The molecule has 3 rings (SSSR count). The topological polar surface area (TPSA) is 62.7 Å². The second-order valence-electron chi connectivity index (χ2n) is 6.82. The van der Waals surface area contributed by atoms with Gasteiger partial charge in [-0.2, -0.15) is 0 Å². The van der Waals surface area contributed by atoms with Crippen molar-refractivity contribution in [1.29, 1.82) is 0 Å². The van der Waals surface area contributed by atoms with Crippen LogP contribution >= 0.6 is 15.9 Å². The van der Waals surface area contributed by atoms with Crippen molar-refractivity contribution < 1.29 is 14.3 Å². The van der Waals surface area contributed by atoms with Crippen LogP contribution in [0.3, 0.4) is 0 Å². The lowest BCUT2D eigenvalue weighted by Gasteiger charge is -2.26. The summed E-state index contributed by atoms with van der Waals surface area (Å²) in [6.45, 7) is 2.09. The number of anilines is 1. The average Bonchev–Trinajstić information content (AvgIpc) is 3.09. The largest absolute Gasteiger partial charge is 0.385 e. The minimum atomic E-state index is -0.344. The van der Waals surface area contributed by atoms with Crippen molar-refractivity contribution in [2.24, 2.45) is 5.92 Å². The molecule has 0 bridgehead atoms. The molecule has 1 fully saturated rings. The lowest BCUT2D eigenvalue weighted by molar-refractivity contribution is -0.136. The monoisotopic (exact) mass is 445 g/mol. The Morgan fingerprint density at radius 3 is 2.75 bits per heavy atom. The summed E-state index contributed by atoms with van der Waals surface area (Å²) < 4.78 is 5.99. The van der Waals surface area contributed by atoms with Crippen LogP contribution in [0.5, 0.6) is 0 Å². The van der Waals surface area contributed by atoms with Gasteiger partial charge >= 0.3 is 0 Å². The first-order valence-electron chi connectivity index (χ1n) is 9.31. The van der Waals surface area contributed by atoms with Crippen LogP contribution in [0.2, 0.25) is 0 Å². The quantitative estimate of drug-likeness (QED) is 0.584. The van der Waals surface area contributed by atoms with Gasteiger partial charge in [0.15, 0.2) is 0 Å². The highest BCUT2D eigenvalue weighted by molar-refractivity contribution is 9.10. The van der Waals surface area contributed by atoms with E-state index < -0.39 is 0 Å². The Morgan fingerprint density at radius 2 is 2.04 bits per heavy atom. The number of carbonyl (C=O) groups excluding carboxylic acids is 2. The summed E-state index contributed by atoms with van der Waals surface area (Å²) in [5.41, 5.74) is 1.83. The van der Waals surface area contributed by atoms with Gasteiger partial charge in [-0.1, -0.05) is 12.1 Å². The molecule has 1 aromatic carbocycles. The number of nitrogens with zero attached hydrogens (tertiary/aromatic N) is 3. The van der Waals surface area contributed by atoms with E-state index in [0.29, 0.717) is 26.2 Å². The molecule has 1 aliphatic heterocycles. The van der Waals surface area contributed by atoms with E-state index in [1.807, 2.05) is 41.3 Å². The standard InChI is InChI=1S/C21H24BrN3O3/c1-28-12-4-11-24(14-16-7-9-23-10-8-16)21(27)17-13-20(26)25(15-17)19-6-3-2-5-18(19)22/h2-3,5-10,17H,4,11-15H2,1H3. The maximum atomic E-state index is 13.2. The van der Waals surface area contributed by atoms with Gasteiger partial charge in [0.1, 0.15) is 0 Å². The maximum absolute atomic E-state index is 13.2. The Balaban J connectivity index is 1.73. The molecule has 2 heterocycles. The predicted molar refractivity (Wildman–Crippen MR) is 111 cm³/mol. The van der Waals surface area contributed by atoms with Gasteiger partial charge in [-0.05, 0) is 52.2 Å². The van der Waals surface area contributed by atoms with Crippen molar-refractivity contribution >= 4 is 33.4 Å². The molecule has 148 valence electrons. The first kappa shape index (κ1) is 20.5. The number of methoxy groups -OCH3 is 1. The van der Waals surface area contributed by atoms with E-state index in [4.69, 9.17) is 4.74 Å². The lowest BCUT2D eigenvalue weighted by Crippen LogP contribution is -2.38. The number of amides is 2. The van der Waals surface area contributed by atoms with Gasteiger partial charge in [-0.3, -0.25) is 14.6 Å². The first-order chi connectivity index (χ1) is 13.6. The summed E-state index contributed by atoms with van der Waals surface area (Å²) in [7, 11) is 1.65. The second kappa shape index (κ2) is 9.80. The molecule has 0 saturated carbocycles. The van der Waals surface area contributed by atoms with Crippen molar-refractivity contribution in [3.05, 3.63) is 58.8 Å². The minimum absolute atomic E-state index is 0.0100. The van der Waals surface area contributed by atoms with Gasteiger partial charge in [0.25, 0.3) is 0 Å². The van der Waals surface area contributed by atoms with Crippen molar-refractivity contribution in [3.8, 4) is 0 Å². The number of hydrogen-bond donors (Lipinski definition) is 0. The molecule has 2 amide bonds. The fraction of sp³-hybridized carbons (Fsp3) is 0.381. The number of para-hydroxylation sites is 1. The van der Waals surface area contributed by atoms with Crippen LogP contribution < -0.4 is 4.90 Å². The molecule has 1 saturated heterocycles. The van der Waals surface area contributed by atoms with Crippen LogP contribution in [0.15, 0.2) is 53.3 Å². The number of ether oxygens (including phenoxy) is 1. The SMILES string of the molecule is COCCCN(Cc1ccncc1)C(=O)C1CC(=O)N(c2ccccc2Br)C1. The van der Waals surface area contributed by atoms with Gasteiger partial charge in [0.2, 0.25) is 11.8 Å². The molecule has 1 atom stereocenters. The highest BCUT2D eigenvalue weighted by atomic mass is 79.9. The molecule has 1 unspecified atom stereocenters. The van der Waals surface area contributed by atoms with Gasteiger partial charge < -0.3 is 14.5 Å². The molecule has 0 radical (unpaired) electrons. The predicted octanol–water partition coefficient (Wildman–Crippen LogP) is 3.26. The molecule has 7 heteroatoms. The van der Waals surface area contributed by atoms with Crippen LogP contribution in [0.25, 0.3) is 0 Å². The number of rotatable bonds is 8. The third-order valence-electron chi connectivity index (χ3n) is 4.83. The van der Waals surface area contributed by atoms with Crippen molar-refractivity contribution in [1.82, 2.24) is 9.88 Å². The number of aromatic nitrogens is 1. The normalized spacial score (nSPS) is 16.4. The third-order valence-corrected chi connectivity index (χ3v) is 5.50. The molecule has 2 aromatic rings. The van der Waals surface area contributed by atoms with Crippen LogP contribution in [0, 0.1) is 5.92 Å². The van der Waals surface area contributed by atoms with E-state index in [2.05, 4.69) is 20.9 Å². The summed E-state index contributed by atoms with van der Waals surface area (Å²) in [6, 6.07) is 11.4. The Hall–Kier alpha value is -2.25. The van der Waals surface area contributed by atoms with E-state index in [1.54, 1.807) is 24.4 Å². The van der Waals surface area contributed by atoms with Crippen LogP contribution in [-0.2, 0) is 20.9 Å². The van der Waals surface area contributed by atoms with Gasteiger partial charge in [0.05, 0.1) is 11.6 Å². The molecule has 1 aromatic heterocycles. The van der Waals surface area contributed by atoms with E-state index in [0.717, 1.165) is 22.1 Å². The Morgan fingerprint density at radius 1 is 1.29 bits per heavy atom. The zero-order chi connectivity index (χ0) is 19.9. The van der Waals surface area contributed by atoms with Gasteiger partial charge in [0, 0.05) is 56.6 Å². The van der Waals surface area contributed by atoms with E-state index >= 15 is 0 Å². The van der Waals surface area contributed by atoms with Crippen LogP contribution in [0.4, 0.5) is 5.69 Å². The molecule has 1 aliphatic rings. The molecule has 6 nitrogen and oxygen atoms in total. The number of hydrogen-bond acceptors (Lipinski definition) is 4. The Kier molecular flexibility index (Phi) is 7.17. The molecular formula is C21H24BrN3O3. The van der Waals surface area contributed by atoms with Crippen LogP contribution in [-0.4, -0.2) is 48.5 Å². The van der Waals surface area contributed by atoms with Crippen molar-refractivity contribution in [2.75, 3.05) is 31.7 Å². The molecule has 0 aliphatic carbocycles. The molecule has 0 N–H and O–H groups in total. The first-order valence-corrected chi connectivity index (χ1v) is 10.1. The number of pyridine rings is 1. The molecular weight excluding hydrogens is 422 g/mol. The van der Waals surface area contributed by atoms with Crippen molar-refractivity contribution in [3.63, 3.8) is 0 Å². The zero-order valence-electron chi connectivity index (χ0n) is 15.9. The molecule has 0 spiro atoms. The van der Waals surface area contributed by atoms with E-state index in [-0.39, 0.29) is 24.2 Å². The maximum Gasteiger partial charge on any atom is 0.228 e. The van der Waals surface area contributed by atoms with E-state index in [1.165, 1.54) is 0 Å². The average molecular weight is 446 g/mol. The zero-order valence-corrected chi connectivity index (χ0v) is 17.5. The number of benzene rings is 1. The van der Waals surface area contributed by atoms with Crippen LogP contribution in [0.1, 0.15) is 18.4 Å². The second-order valence-corrected chi connectivity index (χ2v) is 7.67. The fourth-order valence-corrected chi connectivity index (χ4v) is 3.91. The highest BCUT2D eigenvalue weighted by Crippen LogP contribution is 2.32. The summed E-state index contributed by atoms with van der Waals surface area (Å²) in [5, 5.41) is 0. The summed E-state index contributed by atoms with van der Waals surface area (Å²) in [5.74, 6) is -0.356. The Labute approximate surface area is 173 Å². The third kappa shape index (κ3) is 4.97. The number of carbonyl (C=O) groups is 2. The Bertz CT molecular complexity index is 816. The van der Waals surface area contributed by atoms with Gasteiger partial charge in [-0.25, -0.2) is 0 Å². The molecule has 28 heavy (non-hydrogen) atoms. The minimum Gasteiger partial charge on any atom is -0.385 e. The summed E-state index contributed by atoms with van der Waals surface area (Å²) in [6.07, 6.45) is 4.43. The van der Waals surface area contributed by atoms with E-state index in [9.17, 15) is 9.59 Å².